The van der Waals surface area contributed by atoms with Crippen molar-refractivity contribution in [3.05, 3.63) is 0 Å². The van der Waals surface area contributed by atoms with Crippen LogP contribution in [0, 0.1) is 0 Å². The van der Waals surface area contributed by atoms with Crippen molar-refractivity contribution in [1.82, 2.24) is 0 Å². The normalized spacial score (nSPS) is 10.4. The third-order valence-corrected chi connectivity index (χ3v) is 0. The summed E-state index contributed by atoms with van der Waals surface area (Å²) >= 11 is 0. The maximum atomic E-state index is 8.52. The van der Waals surface area contributed by atoms with Gasteiger partial charge in [-0.2, -0.15) is 0 Å². The van der Waals surface area contributed by atoms with Crippen LogP contribution in [0.4, 0.5) is 0 Å². The minimum atomic E-state index is -5.17. The van der Waals surface area contributed by atoms with Gasteiger partial charge in [0, 0.05) is 52.0 Å². The third kappa shape index (κ3) is 18700. The van der Waals surface area contributed by atoms with Crippen molar-refractivity contribution in [1.29, 1.82) is 0 Å². The second kappa shape index (κ2) is 21.2. The van der Waals surface area contributed by atoms with Gasteiger partial charge in [0.15, 0.2) is 0 Å². The van der Waals surface area contributed by atoms with E-state index in [2.05, 4.69) is 0 Å². The Balaban J connectivity index is -0.0000000290. The average molecular weight is 613 g/mol. The van der Waals surface area contributed by atoms with Crippen LogP contribution in [0.3, 0.4) is 0 Å². The molecule has 0 amide bonds. The van der Waals surface area contributed by atoms with Gasteiger partial charge in [0.05, 0.1) is 0 Å². The van der Waals surface area contributed by atoms with Crippen LogP contribution in [-0.2, 0) is 87.6 Å². The Morgan fingerprint density at radius 3 is 0.321 bits per heavy atom. The van der Waals surface area contributed by atoms with E-state index in [0.717, 1.165) is 0 Å². The molecule has 0 aromatic heterocycles. The summed E-state index contributed by atoms with van der Waals surface area (Å²) in [5, 5.41) is 0. The zero-order chi connectivity index (χ0) is 22.5. The Labute approximate surface area is 191 Å². The molecule has 0 unspecified atom stereocenters. The first-order chi connectivity index (χ1) is 10.0. The fourth-order valence-corrected chi connectivity index (χ4v) is 0. The minimum Gasteiger partial charge on any atom is -0.759 e. The van der Waals surface area contributed by atoms with Crippen LogP contribution < -0.4 is 0 Å². The summed E-state index contributed by atoms with van der Waals surface area (Å²) in [7, 11) is -25.8. The summed E-state index contributed by atoms with van der Waals surface area (Å²) < 4.78 is 170. The molecule has 0 aromatic carbocycles. The predicted molar refractivity (Wildman–Crippen MR) is 58.1 cm³/mol. The van der Waals surface area contributed by atoms with Gasteiger partial charge in [-0.1, -0.05) is 0 Å². The topological polar surface area (TPSA) is 401 Å². The van der Waals surface area contributed by atoms with Gasteiger partial charge < -0.3 is 45.5 Å². The molecule has 0 aliphatic rings. The number of hydrogen-bond donors (Lipinski definition) is 0. The van der Waals surface area contributed by atoms with Crippen LogP contribution in [0.15, 0.2) is 0 Å². The molecule has 1 radical (unpaired) electrons. The van der Waals surface area contributed by atoms with Gasteiger partial charge in [0.25, 0.3) is 0 Å². The van der Waals surface area contributed by atoms with E-state index >= 15 is 0 Å². The van der Waals surface area contributed by atoms with E-state index in [9.17, 15) is 0 Å². The van der Waals surface area contributed by atoms with E-state index in [-0.39, 0.29) is 53.0 Å². The molecule has 20 nitrogen and oxygen atoms in total. The van der Waals surface area contributed by atoms with Crippen LogP contribution in [0.5, 0.6) is 0 Å². The SMILES string of the molecule is O=S(=O)([O-])[O-].O=S(=O)([O-])[O-].O=S(=O)([O-])[O-].O=S(=O)([O-])[O-].O=S(=O)([O-])[O-].[Al+3].[Mn+2].[V+5]. The van der Waals surface area contributed by atoms with Gasteiger partial charge in [-0.15, -0.1) is 0 Å². The van der Waals surface area contributed by atoms with Crippen LogP contribution in [0.25, 0.3) is 0 Å². The van der Waals surface area contributed by atoms with Crippen molar-refractivity contribution in [2.75, 3.05) is 0 Å². The quantitative estimate of drug-likeness (QED) is 0.139. The van der Waals surface area contributed by atoms with Crippen LogP contribution >= 0.6 is 0 Å². The van der Waals surface area contributed by atoms with E-state index in [4.69, 9.17) is 87.6 Å². The molecule has 0 N–H and O–H groups in total. The maximum Gasteiger partial charge on any atom is 5.00 e. The minimum absolute atomic E-state index is 0. The van der Waals surface area contributed by atoms with Crippen molar-refractivity contribution in [3.8, 4) is 0 Å². The first-order valence-electron chi connectivity index (χ1n) is 3.33. The van der Waals surface area contributed by atoms with Gasteiger partial charge in [0.2, 0.25) is 0 Å². The standard InChI is InChI=1S/Al.Mn.5H2O4S.V/c;;5*1-5(2,3)4;/h;;5*(H2,1,2,3,4);/q+3;+2;;;;;;+5/p-10. The molecule has 0 bridgehead atoms. The molecule has 0 saturated carbocycles. The van der Waals surface area contributed by atoms with Crippen molar-refractivity contribution >= 4 is 69.4 Å². The fourth-order valence-electron chi connectivity index (χ4n) is 0. The average Bonchev–Trinajstić information content (AvgIpc) is 1.79. The molecule has 0 heterocycles. The predicted octanol–water partition coefficient (Wildman–Crippen LogP) is -7.08. The number of rotatable bonds is 0. The summed E-state index contributed by atoms with van der Waals surface area (Å²) in [5.41, 5.74) is 0. The Morgan fingerprint density at radius 2 is 0.321 bits per heavy atom. The molecule has 0 atom stereocenters. The molecule has 28 heteroatoms. The van der Waals surface area contributed by atoms with Crippen molar-refractivity contribution in [3.63, 3.8) is 0 Å². The summed E-state index contributed by atoms with van der Waals surface area (Å²) in [6.45, 7) is 0. The molecule has 0 spiro atoms. The Morgan fingerprint density at radius 1 is 0.321 bits per heavy atom. The van der Waals surface area contributed by atoms with Crippen molar-refractivity contribution in [2.45, 2.75) is 0 Å². The van der Waals surface area contributed by atoms with Gasteiger partial charge in [-0.25, -0.2) is 0 Å². The van der Waals surface area contributed by atoms with Gasteiger partial charge in [-0.05, 0) is 0 Å². The van der Waals surface area contributed by atoms with E-state index in [1.165, 1.54) is 0 Å². The van der Waals surface area contributed by atoms with Crippen LogP contribution in [-0.4, -0.2) is 105 Å². The van der Waals surface area contributed by atoms with E-state index in [1.807, 2.05) is 0 Å². The van der Waals surface area contributed by atoms with Gasteiger partial charge in [-0.3, -0.25) is 42.1 Å². The Kier molecular flexibility index (Phi) is 39.1. The molecule has 0 aromatic rings. The van der Waals surface area contributed by atoms with Crippen molar-refractivity contribution < 1.29 is 123 Å². The van der Waals surface area contributed by atoms with Gasteiger partial charge in [0.1, 0.15) is 0 Å². The van der Waals surface area contributed by atoms with Gasteiger partial charge >= 0.3 is 53.0 Å². The molecular formula is AlMnO20S5V. The summed E-state index contributed by atoms with van der Waals surface area (Å²) in [4.78, 5) is 0. The molecule has 0 fully saturated rings. The van der Waals surface area contributed by atoms with Crippen LogP contribution in [0.2, 0.25) is 0 Å². The summed E-state index contributed by atoms with van der Waals surface area (Å²) in [6.07, 6.45) is 0. The fraction of sp³-hybridized carbons (Fsp3) is 0. The molecular weight excluding hydrogens is 613 g/mol. The van der Waals surface area contributed by atoms with Crippen molar-refractivity contribution in [2.24, 2.45) is 0 Å². The largest absolute Gasteiger partial charge is 5.00 e. The Hall–Kier alpha value is 0.986. The molecule has 28 heavy (non-hydrogen) atoms. The summed E-state index contributed by atoms with van der Waals surface area (Å²) in [5.74, 6) is 0. The second-order valence-electron chi connectivity index (χ2n) is 2.04. The summed E-state index contributed by atoms with van der Waals surface area (Å²) in [6, 6.07) is 0. The molecule has 0 aliphatic heterocycles. The smallest absolute Gasteiger partial charge is 0.759 e. The first-order valence-corrected chi connectivity index (χ1v) is 10.0. The van der Waals surface area contributed by atoms with Crippen LogP contribution in [0.1, 0.15) is 0 Å². The van der Waals surface area contributed by atoms with E-state index in [0.29, 0.717) is 0 Å². The first kappa shape index (κ1) is 51.5. The third-order valence-electron chi connectivity index (χ3n) is 0. The molecule has 165 valence electrons. The zero-order valence-corrected chi connectivity index (χ0v) is 19.4. The second-order valence-corrected chi connectivity index (χ2v) is 6.12. The molecule has 0 saturated heterocycles. The number of hydrogen-bond acceptors (Lipinski definition) is 20. The monoisotopic (exact) mass is 613 g/mol. The maximum absolute atomic E-state index is 8.52. The van der Waals surface area contributed by atoms with E-state index < -0.39 is 52.0 Å². The van der Waals surface area contributed by atoms with E-state index in [1.54, 1.807) is 0 Å². The molecule has 0 aliphatic carbocycles. The molecule has 0 rings (SSSR count). The Bertz CT molecular complexity index is 627. The zero-order valence-electron chi connectivity index (χ0n) is 11.6.